The van der Waals surface area contributed by atoms with Crippen molar-refractivity contribution in [2.24, 2.45) is 0 Å². The van der Waals surface area contributed by atoms with Gasteiger partial charge >= 0.3 is 12.4 Å². The standard InChI is InChI=1S/C22H16F4N4O3/c23-21(24)17-10-14(5-6-19(17)32-22(25,26)33-21)30-20(31)16-3-1-2-4-18(16)29-12-13-7-8-28-15(9-13)11-27/h1-10,20,29-31H,12H2. The number of hydrogen-bond donors (Lipinski definition) is 3. The molecule has 33 heavy (non-hydrogen) atoms. The largest absolute Gasteiger partial charge is 0.540 e. The van der Waals surface area contributed by atoms with Crippen LogP contribution in [0, 0.1) is 11.3 Å². The Hall–Kier alpha value is -3.88. The van der Waals surface area contributed by atoms with Gasteiger partial charge in [0.1, 0.15) is 17.5 Å². The summed E-state index contributed by atoms with van der Waals surface area (Å²) in [5, 5.41) is 25.4. The maximum atomic E-state index is 14.0. The average molecular weight is 460 g/mol. The highest BCUT2D eigenvalue weighted by Gasteiger charge is 2.54. The van der Waals surface area contributed by atoms with E-state index in [0.717, 1.165) is 17.7 Å². The van der Waals surface area contributed by atoms with Crippen molar-refractivity contribution in [2.45, 2.75) is 25.2 Å². The molecule has 1 aliphatic rings. The number of aromatic nitrogens is 1. The molecule has 0 fully saturated rings. The molecule has 0 saturated heterocycles. The number of aliphatic hydroxyl groups excluding tert-OH is 1. The molecule has 170 valence electrons. The lowest BCUT2D eigenvalue weighted by atomic mass is 10.1. The molecule has 0 bridgehead atoms. The number of nitrogens with one attached hydrogen (secondary N) is 2. The fourth-order valence-corrected chi connectivity index (χ4v) is 3.26. The van der Waals surface area contributed by atoms with E-state index in [-0.39, 0.29) is 11.4 Å². The third-order valence-corrected chi connectivity index (χ3v) is 4.75. The second kappa shape index (κ2) is 8.57. The third kappa shape index (κ3) is 4.97. The van der Waals surface area contributed by atoms with Gasteiger partial charge in [0.2, 0.25) is 0 Å². The quantitative estimate of drug-likeness (QED) is 0.363. The predicted octanol–water partition coefficient (Wildman–Crippen LogP) is 4.68. The van der Waals surface area contributed by atoms with Gasteiger partial charge in [0, 0.05) is 29.7 Å². The lowest BCUT2D eigenvalue weighted by Gasteiger charge is -2.31. The van der Waals surface area contributed by atoms with E-state index in [1.54, 1.807) is 36.4 Å². The van der Waals surface area contributed by atoms with Gasteiger partial charge in [-0.15, -0.1) is 8.78 Å². The lowest BCUT2D eigenvalue weighted by molar-refractivity contribution is -0.461. The summed E-state index contributed by atoms with van der Waals surface area (Å²) < 4.78 is 62.0. The molecule has 7 nitrogen and oxygen atoms in total. The Morgan fingerprint density at radius 1 is 1.09 bits per heavy atom. The SMILES string of the molecule is N#Cc1cc(CNc2ccccc2C(O)Nc2ccc3c(c2)C(F)(F)OC(F)(F)O3)ccn1. The van der Waals surface area contributed by atoms with Crippen LogP contribution < -0.4 is 15.4 Å². The molecule has 11 heteroatoms. The highest BCUT2D eigenvalue weighted by molar-refractivity contribution is 5.57. The first kappa shape index (κ1) is 22.3. The minimum absolute atomic E-state index is 0.0286. The fourth-order valence-electron chi connectivity index (χ4n) is 3.26. The summed E-state index contributed by atoms with van der Waals surface area (Å²) in [6.07, 6.45) is -8.57. The number of fused-ring (bicyclic) bond motifs is 1. The van der Waals surface area contributed by atoms with E-state index >= 15 is 0 Å². The van der Waals surface area contributed by atoms with Gasteiger partial charge in [0.05, 0.1) is 5.56 Å². The van der Waals surface area contributed by atoms with E-state index in [1.165, 1.54) is 12.3 Å². The number of rotatable bonds is 6. The fraction of sp³-hybridized carbons (Fsp3) is 0.182. The zero-order chi connectivity index (χ0) is 23.6. The number of benzene rings is 2. The summed E-state index contributed by atoms with van der Waals surface area (Å²) in [5.74, 6) is -0.729. The van der Waals surface area contributed by atoms with Gasteiger partial charge in [-0.05, 0) is 42.0 Å². The Balaban J connectivity index is 1.52. The van der Waals surface area contributed by atoms with Crippen LogP contribution in [0.1, 0.15) is 28.6 Å². The topological polar surface area (TPSA) is 99.4 Å². The normalized spacial score (nSPS) is 16.6. The maximum Gasteiger partial charge on any atom is 0.540 e. The van der Waals surface area contributed by atoms with Crippen molar-refractivity contribution in [1.82, 2.24) is 4.98 Å². The first-order valence-corrected chi connectivity index (χ1v) is 9.59. The Morgan fingerprint density at radius 2 is 1.88 bits per heavy atom. The van der Waals surface area contributed by atoms with Crippen molar-refractivity contribution >= 4 is 11.4 Å². The van der Waals surface area contributed by atoms with Crippen LogP contribution in [0.3, 0.4) is 0 Å². The Labute approximate surface area is 185 Å². The molecule has 3 aromatic rings. The number of nitrogens with zero attached hydrogens (tertiary/aromatic N) is 2. The summed E-state index contributed by atoms with van der Waals surface area (Å²) in [4.78, 5) is 3.90. The molecule has 4 rings (SSSR count). The zero-order valence-corrected chi connectivity index (χ0v) is 16.7. The van der Waals surface area contributed by atoms with Gasteiger partial charge in [0.15, 0.2) is 6.23 Å². The third-order valence-electron chi connectivity index (χ3n) is 4.75. The molecule has 2 aromatic carbocycles. The Bertz CT molecular complexity index is 1220. The summed E-state index contributed by atoms with van der Waals surface area (Å²) in [6, 6.07) is 15.1. The highest BCUT2D eigenvalue weighted by atomic mass is 19.3. The van der Waals surface area contributed by atoms with Crippen LogP contribution in [0.15, 0.2) is 60.8 Å². The van der Waals surface area contributed by atoms with Crippen LogP contribution in [0.4, 0.5) is 28.9 Å². The lowest BCUT2D eigenvalue weighted by Crippen LogP contribution is -2.41. The van der Waals surface area contributed by atoms with Crippen LogP contribution >= 0.6 is 0 Å². The summed E-state index contributed by atoms with van der Waals surface area (Å²) >= 11 is 0. The minimum atomic E-state index is -4.46. The first-order valence-electron chi connectivity index (χ1n) is 9.59. The summed E-state index contributed by atoms with van der Waals surface area (Å²) in [6.45, 7) is 0.328. The van der Waals surface area contributed by atoms with Gasteiger partial charge < -0.3 is 20.5 Å². The van der Waals surface area contributed by atoms with Gasteiger partial charge in [-0.25, -0.2) is 9.72 Å². The summed E-state index contributed by atoms with van der Waals surface area (Å²) in [5.41, 5.74) is 1.12. The second-order valence-electron chi connectivity index (χ2n) is 7.04. The molecular formula is C22H16F4N4O3. The first-order chi connectivity index (χ1) is 15.7. The number of pyridine rings is 1. The molecule has 0 spiro atoms. The van der Waals surface area contributed by atoms with Crippen LogP contribution in [-0.2, 0) is 17.4 Å². The molecule has 0 amide bonds. The van der Waals surface area contributed by atoms with Crippen molar-refractivity contribution in [3.63, 3.8) is 0 Å². The molecule has 3 N–H and O–H groups in total. The van der Waals surface area contributed by atoms with Crippen molar-refractivity contribution in [3.05, 3.63) is 83.2 Å². The molecule has 1 aromatic heterocycles. The van der Waals surface area contributed by atoms with E-state index in [0.29, 0.717) is 17.8 Å². The Kier molecular flexibility index (Phi) is 5.80. The van der Waals surface area contributed by atoms with Crippen LogP contribution in [0.5, 0.6) is 5.75 Å². The summed E-state index contributed by atoms with van der Waals surface area (Å²) in [7, 11) is 0. The minimum Gasteiger partial charge on any atom is -0.409 e. The highest BCUT2D eigenvalue weighted by Crippen LogP contribution is 2.47. The smallest absolute Gasteiger partial charge is 0.409 e. The number of para-hydroxylation sites is 1. The second-order valence-corrected chi connectivity index (χ2v) is 7.04. The monoisotopic (exact) mass is 460 g/mol. The van der Waals surface area contributed by atoms with E-state index in [1.807, 2.05) is 6.07 Å². The molecule has 1 unspecified atom stereocenters. The van der Waals surface area contributed by atoms with Crippen LogP contribution in [-0.4, -0.2) is 16.4 Å². The molecular weight excluding hydrogens is 444 g/mol. The van der Waals surface area contributed by atoms with Crippen LogP contribution in [0.25, 0.3) is 0 Å². The maximum absolute atomic E-state index is 14.0. The number of anilines is 2. The molecule has 0 radical (unpaired) electrons. The van der Waals surface area contributed by atoms with E-state index in [2.05, 4.69) is 25.1 Å². The number of hydrogen-bond acceptors (Lipinski definition) is 7. The average Bonchev–Trinajstić information content (AvgIpc) is 2.77. The number of aliphatic hydroxyl groups is 1. The number of ether oxygens (including phenoxy) is 2. The molecule has 1 aliphatic heterocycles. The van der Waals surface area contributed by atoms with Crippen LogP contribution in [0.2, 0.25) is 0 Å². The molecule has 1 atom stereocenters. The van der Waals surface area contributed by atoms with Gasteiger partial charge in [-0.1, -0.05) is 18.2 Å². The van der Waals surface area contributed by atoms with Gasteiger partial charge in [-0.3, -0.25) is 0 Å². The van der Waals surface area contributed by atoms with Crippen molar-refractivity contribution in [3.8, 4) is 11.8 Å². The van der Waals surface area contributed by atoms with Crippen molar-refractivity contribution < 1.29 is 32.1 Å². The van der Waals surface area contributed by atoms with E-state index in [9.17, 15) is 22.7 Å². The number of halogens is 4. The van der Waals surface area contributed by atoms with Crippen molar-refractivity contribution in [1.29, 1.82) is 5.26 Å². The molecule has 2 heterocycles. The number of nitriles is 1. The van der Waals surface area contributed by atoms with E-state index in [4.69, 9.17) is 5.26 Å². The Morgan fingerprint density at radius 3 is 2.67 bits per heavy atom. The zero-order valence-electron chi connectivity index (χ0n) is 16.7. The van der Waals surface area contributed by atoms with Crippen molar-refractivity contribution in [2.75, 3.05) is 10.6 Å². The predicted molar refractivity (Wildman–Crippen MR) is 108 cm³/mol. The molecule has 0 aliphatic carbocycles. The van der Waals surface area contributed by atoms with E-state index < -0.39 is 29.9 Å². The molecule has 0 saturated carbocycles. The van der Waals surface area contributed by atoms with Gasteiger partial charge in [0.25, 0.3) is 0 Å². The van der Waals surface area contributed by atoms with Gasteiger partial charge in [-0.2, -0.15) is 14.0 Å². The number of alkyl halides is 4.